The Hall–Kier alpha value is -3.78. The van der Waals surface area contributed by atoms with Gasteiger partial charge in [-0.2, -0.15) is 5.10 Å². The van der Waals surface area contributed by atoms with Crippen LogP contribution < -0.4 is 10.2 Å². The first-order valence-corrected chi connectivity index (χ1v) is 10.1. The number of aliphatic imine (C=N–C) groups is 1. The van der Waals surface area contributed by atoms with E-state index in [1.165, 1.54) is 6.33 Å². The molecule has 0 unspecified atom stereocenters. The molecular formula is C23H25N7O. The van der Waals surface area contributed by atoms with E-state index >= 15 is 0 Å². The maximum Gasteiger partial charge on any atom is 0.157 e. The Labute approximate surface area is 181 Å². The van der Waals surface area contributed by atoms with E-state index in [9.17, 15) is 0 Å². The van der Waals surface area contributed by atoms with Crippen LogP contribution >= 0.6 is 0 Å². The van der Waals surface area contributed by atoms with Crippen molar-refractivity contribution in [3.05, 3.63) is 71.9 Å². The number of aromatic nitrogens is 3. The van der Waals surface area contributed by atoms with Crippen LogP contribution in [-0.4, -0.2) is 54.0 Å². The molecule has 0 aliphatic carbocycles. The minimum Gasteiger partial charge on any atom is -0.378 e. The predicted octanol–water partition coefficient (Wildman–Crippen LogP) is 3.32. The molecule has 0 bridgehead atoms. The number of benzene rings is 1. The largest absolute Gasteiger partial charge is 0.378 e. The van der Waals surface area contributed by atoms with Crippen LogP contribution in [0.3, 0.4) is 0 Å². The van der Waals surface area contributed by atoms with Gasteiger partial charge in [0.05, 0.1) is 13.2 Å². The Morgan fingerprint density at radius 2 is 2.03 bits per heavy atom. The van der Waals surface area contributed by atoms with Crippen LogP contribution in [0.5, 0.6) is 0 Å². The van der Waals surface area contributed by atoms with Gasteiger partial charge in [0.2, 0.25) is 0 Å². The molecule has 8 heteroatoms. The number of rotatable bonds is 5. The summed E-state index contributed by atoms with van der Waals surface area (Å²) in [6, 6.07) is 6.32. The van der Waals surface area contributed by atoms with Gasteiger partial charge in [-0.25, -0.2) is 9.98 Å². The lowest BCUT2D eigenvalue weighted by molar-refractivity contribution is 0.123. The number of ether oxygens (including phenoxy) is 1. The Kier molecular flexibility index (Phi) is 6.18. The summed E-state index contributed by atoms with van der Waals surface area (Å²) in [5.74, 6) is 0.852. The zero-order valence-corrected chi connectivity index (χ0v) is 17.4. The van der Waals surface area contributed by atoms with E-state index in [1.807, 2.05) is 37.6 Å². The van der Waals surface area contributed by atoms with E-state index in [0.717, 1.165) is 46.9 Å². The van der Waals surface area contributed by atoms with Crippen molar-refractivity contribution in [2.75, 3.05) is 31.2 Å². The molecule has 2 aliphatic heterocycles. The molecule has 1 fully saturated rings. The smallest absolute Gasteiger partial charge is 0.157 e. The van der Waals surface area contributed by atoms with Gasteiger partial charge in [0, 0.05) is 42.3 Å². The number of allylic oxidation sites excluding steroid dienone is 4. The summed E-state index contributed by atoms with van der Waals surface area (Å²) in [5, 5.41) is 18.3. The highest BCUT2D eigenvalue weighted by Gasteiger charge is 2.18. The van der Waals surface area contributed by atoms with Crippen molar-refractivity contribution in [3.8, 4) is 11.4 Å². The number of H-pyrrole nitrogens is 1. The molecule has 158 valence electrons. The molecule has 8 nitrogen and oxygen atoms in total. The highest BCUT2D eigenvalue weighted by Crippen LogP contribution is 2.33. The van der Waals surface area contributed by atoms with Crippen LogP contribution in [-0.2, 0) is 4.74 Å². The molecular weight excluding hydrogens is 390 g/mol. The molecule has 2 aromatic rings. The molecule has 0 amide bonds. The van der Waals surface area contributed by atoms with Crippen molar-refractivity contribution in [2.45, 2.75) is 6.92 Å². The average Bonchev–Trinajstić information content (AvgIpc) is 3.37. The third kappa shape index (κ3) is 4.54. The van der Waals surface area contributed by atoms with Gasteiger partial charge < -0.3 is 15.0 Å². The van der Waals surface area contributed by atoms with E-state index < -0.39 is 0 Å². The molecule has 0 spiro atoms. The van der Waals surface area contributed by atoms with E-state index in [0.29, 0.717) is 18.8 Å². The number of aromatic amines is 1. The van der Waals surface area contributed by atoms with E-state index in [4.69, 9.17) is 10.1 Å². The van der Waals surface area contributed by atoms with Crippen LogP contribution in [0, 0.1) is 5.41 Å². The second-order valence-electron chi connectivity index (χ2n) is 7.20. The third-order valence-electron chi connectivity index (χ3n) is 5.28. The monoisotopic (exact) mass is 415 g/mol. The first-order chi connectivity index (χ1) is 15.2. The molecule has 0 saturated carbocycles. The summed E-state index contributed by atoms with van der Waals surface area (Å²) < 4.78 is 5.51. The van der Waals surface area contributed by atoms with Crippen molar-refractivity contribution in [2.24, 2.45) is 4.99 Å². The van der Waals surface area contributed by atoms with Gasteiger partial charge in [0.15, 0.2) is 11.7 Å². The molecule has 0 radical (unpaired) electrons. The second kappa shape index (κ2) is 9.36. The topological polar surface area (TPSA) is 102 Å². The normalized spacial score (nSPS) is 16.2. The van der Waals surface area contributed by atoms with Crippen molar-refractivity contribution in [3.63, 3.8) is 0 Å². The minimum atomic E-state index is 0.131. The van der Waals surface area contributed by atoms with Crippen LogP contribution in [0.25, 0.3) is 17.0 Å². The second-order valence-corrected chi connectivity index (χ2v) is 7.20. The van der Waals surface area contributed by atoms with Gasteiger partial charge in [0.1, 0.15) is 6.33 Å². The molecule has 1 aromatic heterocycles. The fourth-order valence-electron chi connectivity index (χ4n) is 3.63. The first kappa shape index (κ1) is 20.5. The van der Waals surface area contributed by atoms with Gasteiger partial charge >= 0.3 is 0 Å². The molecule has 4 rings (SSSR count). The SMILES string of the molecule is C=NC(=N)C(/C=C(\C)c1ccc(N2CCOCC2)c(-c2ncn[nH]2)c1)=C1C=CNC=C1. The van der Waals surface area contributed by atoms with Gasteiger partial charge in [-0.1, -0.05) is 6.07 Å². The quantitative estimate of drug-likeness (QED) is 0.514. The van der Waals surface area contributed by atoms with E-state index in [-0.39, 0.29) is 5.84 Å². The Balaban J connectivity index is 1.76. The van der Waals surface area contributed by atoms with E-state index in [2.05, 4.69) is 55.3 Å². The van der Waals surface area contributed by atoms with Gasteiger partial charge in [0.25, 0.3) is 0 Å². The molecule has 0 atom stereocenters. The lowest BCUT2D eigenvalue weighted by atomic mass is 9.97. The summed E-state index contributed by atoms with van der Waals surface area (Å²) in [6.45, 7) is 8.64. The van der Waals surface area contributed by atoms with Crippen LogP contribution in [0.15, 0.2) is 71.3 Å². The standard InChI is InChI=1S/C23H25N7O/c1-16(13-19(22(24)25-2)17-5-7-26-8-6-17)18-3-4-21(30-9-11-31-12-10-30)20(14-18)23-27-15-28-29-23/h3-8,13-15,24,26H,2,9-12H2,1H3,(H,27,28,29)/b16-13+,24-22?. The summed E-state index contributed by atoms with van der Waals surface area (Å²) in [6.07, 6.45) is 11.0. The Morgan fingerprint density at radius 3 is 2.71 bits per heavy atom. The van der Waals surface area contributed by atoms with Crippen molar-refractivity contribution < 1.29 is 4.74 Å². The lowest BCUT2D eigenvalue weighted by Gasteiger charge is -2.30. The molecule has 2 aliphatic rings. The highest BCUT2D eigenvalue weighted by molar-refractivity contribution is 6.04. The van der Waals surface area contributed by atoms with Crippen molar-refractivity contribution in [1.82, 2.24) is 20.5 Å². The summed E-state index contributed by atoms with van der Waals surface area (Å²) in [4.78, 5) is 10.5. The maximum absolute atomic E-state index is 8.25. The summed E-state index contributed by atoms with van der Waals surface area (Å²) >= 11 is 0. The van der Waals surface area contributed by atoms with Gasteiger partial charge in [-0.3, -0.25) is 10.5 Å². The lowest BCUT2D eigenvalue weighted by Crippen LogP contribution is -2.36. The first-order valence-electron chi connectivity index (χ1n) is 10.1. The number of anilines is 1. The van der Waals surface area contributed by atoms with Crippen LogP contribution in [0.2, 0.25) is 0 Å². The number of dihydropyridines is 1. The number of amidine groups is 1. The number of hydrogen-bond acceptors (Lipinski definition) is 6. The predicted molar refractivity (Wildman–Crippen MR) is 124 cm³/mol. The molecule has 3 heterocycles. The molecule has 3 N–H and O–H groups in total. The molecule has 1 aromatic carbocycles. The van der Waals surface area contributed by atoms with E-state index in [1.54, 1.807) is 0 Å². The molecule has 1 saturated heterocycles. The number of nitrogens with zero attached hydrogens (tertiary/aromatic N) is 4. The Morgan fingerprint density at radius 1 is 1.26 bits per heavy atom. The minimum absolute atomic E-state index is 0.131. The third-order valence-corrected chi connectivity index (χ3v) is 5.28. The van der Waals surface area contributed by atoms with Crippen LogP contribution in [0.4, 0.5) is 5.69 Å². The van der Waals surface area contributed by atoms with Crippen molar-refractivity contribution >= 4 is 23.8 Å². The fourth-order valence-corrected chi connectivity index (χ4v) is 3.63. The number of morpholine rings is 1. The zero-order chi connectivity index (χ0) is 21.6. The number of nitrogens with one attached hydrogen (secondary N) is 3. The van der Waals surface area contributed by atoms with Crippen molar-refractivity contribution in [1.29, 1.82) is 5.41 Å². The maximum atomic E-state index is 8.25. The van der Waals surface area contributed by atoms with Gasteiger partial charge in [-0.15, -0.1) is 0 Å². The van der Waals surface area contributed by atoms with Gasteiger partial charge in [-0.05, 0) is 60.7 Å². The molecule has 31 heavy (non-hydrogen) atoms. The average molecular weight is 416 g/mol. The number of hydrogen-bond donors (Lipinski definition) is 3. The Bertz CT molecular complexity index is 1070. The zero-order valence-electron chi connectivity index (χ0n) is 17.4. The van der Waals surface area contributed by atoms with Crippen LogP contribution in [0.1, 0.15) is 12.5 Å². The fraction of sp³-hybridized carbons (Fsp3) is 0.217. The summed E-state index contributed by atoms with van der Waals surface area (Å²) in [7, 11) is 0. The highest BCUT2D eigenvalue weighted by atomic mass is 16.5. The summed E-state index contributed by atoms with van der Waals surface area (Å²) in [5.41, 5.74) is 5.72.